The maximum atomic E-state index is 11.8. The molecule has 0 aromatic carbocycles. The molecule has 2 N–H and O–H groups in total. The van der Waals surface area contributed by atoms with Gasteiger partial charge in [0.1, 0.15) is 5.54 Å². The number of hydrogen-bond donors (Lipinski definition) is 2. The average Bonchev–Trinajstić information content (AvgIpc) is 2.90. The van der Waals surface area contributed by atoms with E-state index in [-0.39, 0.29) is 0 Å². The summed E-state index contributed by atoms with van der Waals surface area (Å²) in [6.07, 6.45) is 8.97. The highest BCUT2D eigenvalue weighted by molar-refractivity contribution is 5.80. The SMILES string of the molecule is O=C(O)C1(NC2CC2)CCCC1CCN1CCCC1. The Morgan fingerprint density at radius 2 is 1.95 bits per heavy atom. The van der Waals surface area contributed by atoms with Crippen molar-refractivity contribution < 1.29 is 9.90 Å². The number of nitrogens with one attached hydrogen (secondary N) is 1. The second-order valence-electron chi connectivity index (χ2n) is 6.62. The van der Waals surface area contributed by atoms with Crippen molar-refractivity contribution in [2.75, 3.05) is 19.6 Å². The van der Waals surface area contributed by atoms with Gasteiger partial charge >= 0.3 is 5.97 Å². The number of carboxylic acids is 1. The lowest BCUT2D eigenvalue weighted by atomic mass is 9.84. The summed E-state index contributed by atoms with van der Waals surface area (Å²) in [5, 5.41) is 13.2. The van der Waals surface area contributed by atoms with Crippen molar-refractivity contribution in [3.05, 3.63) is 0 Å². The van der Waals surface area contributed by atoms with Crippen LogP contribution in [0.4, 0.5) is 0 Å². The second kappa shape index (κ2) is 5.41. The van der Waals surface area contributed by atoms with E-state index >= 15 is 0 Å². The molecule has 4 heteroatoms. The van der Waals surface area contributed by atoms with Crippen molar-refractivity contribution in [2.24, 2.45) is 5.92 Å². The van der Waals surface area contributed by atoms with E-state index in [0.717, 1.165) is 45.1 Å². The molecule has 1 saturated heterocycles. The molecule has 2 aliphatic carbocycles. The van der Waals surface area contributed by atoms with Crippen molar-refractivity contribution in [2.45, 2.75) is 62.9 Å². The van der Waals surface area contributed by atoms with Crippen molar-refractivity contribution in [3.8, 4) is 0 Å². The highest BCUT2D eigenvalue weighted by Crippen LogP contribution is 2.41. The van der Waals surface area contributed by atoms with E-state index < -0.39 is 11.5 Å². The standard InChI is InChI=1S/C15H26N2O2/c18-14(19)15(16-13-5-6-13)8-3-4-12(15)7-11-17-9-1-2-10-17/h12-13,16H,1-11H2,(H,18,19). The molecule has 0 aromatic heterocycles. The van der Waals surface area contributed by atoms with Crippen molar-refractivity contribution in [1.29, 1.82) is 0 Å². The Morgan fingerprint density at radius 3 is 2.58 bits per heavy atom. The monoisotopic (exact) mass is 266 g/mol. The summed E-state index contributed by atoms with van der Waals surface area (Å²) in [4.78, 5) is 14.3. The van der Waals surface area contributed by atoms with Crippen LogP contribution in [0.2, 0.25) is 0 Å². The van der Waals surface area contributed by atoms with Crippen LogP contribution in [-0.4, -0.2) is 47.2 Å². The zero-order valence-electron chi connectivity index (χ0n) is 11.7. The molecular formula is C15H26N2O2. The van der Waals surface area contributed by atoms with Gasteiger partial charge in [-0.15, -0.1) is 0 Å². The first-order chi connectivity index (χ1) is 9.21. The lowest BCUT2D eigenvalue weighted by molar-refractivity contribution is -0.147. The molecule has 0 spiro atoms. The summed E-state index contributed by atoms with van der Waals surface area (Å²) in [7, 11) is 0. The molecule has 0 amide bonds. The zero-order chi connectivity index (χ0) is 13.3. The van der Waals surface area contributed by atoms with Crippen LogP contribution in [0.5, 0.6) is 0 Å². The minimum atomic E-state index is -0.610. The summed E-state index contributed by atoms with van der Waals surface area (Å²) < 4.78 is 0. The van der Waals surface area contributed by atoms with Crippen LogP contribution in [0, 0.1) is 5.92 Å². The largest absolute Gasteiger partial charge is 0.480 e. The van der Waals surface area contributed by atoms with Crippen molar-refractivity contribution >= 4 is 5.97 Å². The molecule has 3 fully saturated rings. The minimum Gasteiger partial charge on any atom is -0.480 e. The molecular weight excluding hydrogens is 240 g/mol. The van der Waals surface area contributed by atoms with Gasteiger partial charge in [-0.25, -0.2) is 0 Å². The van der Waals surface area contributed by atoms with Crippen LogP contribution in [0.15, 0.2) is 0 Å². The van der Waals surface area contributed by atoms with Gasteiger partial charge in [0.05, 0.1) is 0 Å². The first kappa shape index (κ1) is 13.4. The lowest BCUT2D eigenvalue weighted by Gasteiger charge is -2.33. The van der Waals surface area contributed by atoms with E-state index in [9.17, 15) is 9.90 Å². The Morgan fingerprint density at radius 1 is 1.21 bits per heavy atom. The van der Waals surface area contributed by atoms with Gasteiger partial charge < -0.3 is 10.0 Å². The second-order valence-corrected chi connectivity index (χ2v) is 6.62. The number of likely N-dealkylation sites (tertiary alicyclic amines) is 1. The minimum absolute atomic E-state index is 0.325. The molecule has 1 heterocycles. The molecule has 108 valence electrons. The first-order valence-electron chi connectivity index (χ1n) is 7.94. The smallest absolute Gasteiger partial charge is 0.324 e. The van der Waals surface area contributed by atoms with Gasteiger partial charge in [-0.3, -0.25) is 10.1 Å². The molecule has 0 radical (unpaired) electrons. The van der Waals surface area contributed by atoms with E-state index in [1.807, 2.05) is 0 Å². The highest BCUT2D eigenvalue weighted by atomic mass is 16.4. The number of aliphatic carboxylic acids is 1. The van der Waals surface area contributed by atoms with Crippen LogP contribution in [0.25, 0.3) is 0 Å². The molecule has 3 rings (SSSR count). The summed E-state index contributed by atoms with van der Waals surface area (Å²) in [6.45, 7) is 3.51. The van der Waals surface area contributed by atoms with E-state index in [2.05, 4.69) is 10.2 Å². The van der Waals surface area contributed by atoms with Crippen LogP contribution in [0.3, 0.4) is 0 Å². The maximum Gasteiger partial charge on any atom is 0.324 e. The molecule has 2 unspecified atom stereocenters. The van der Waals surface area contributed by atoms with Crippen LogP contribution >= 0.6 is 0 Å². The lowest BCUT2D eigenvalue weighted by Crippen LogP contribution is -2.56. The van der Waals surface area contributed by atoms with Crippen LogP contribution in [0.1, 0.15) is 51.4 Å². The third kappa shape index (κ3) is 2.79. The van der Waals surface area contributed by atoms with Gasteiger partial charge in [-0.05, 0) is 70.5 Å². The van der Waals surface area contributed by atoms with Gasteiger partial charge in [0.15, 0.2) is 0 Å². The third-order valence-corrected chi connectivity index (χ3v) is 5.23. The van der Waals surface area contributed by atoms with E-state index in [1.54, 1.807) is 0 Å². The summed E-state index contributed by atoms with van der Waals surface area (Å²) in [6, 6.07) is 0.475. The number of carboxylic acid groups (broad SMARTS) is 1. The van der Waals surface area contributed by atoms with Crippen LogP contribution < -0.4 is 5.32 Å². The van der Waals surface area contributed by atoms with Gasteiger partial charge in [0, 0.05) is 6.04 Å². The fraction of sp³-hybridized carbons (Fsp3) is 0.933. The Kier molecular flexibility index (Phi) is 3.81. The van der Waals surface area contributed by atoms with Crippen LogP contribution in [-0.2, 0) is 4.79 Å². The molecule has 19 heavy (non-hydrogen) atoms. The van der Waals surface area contributed by atoms with Crippen molar-refractivity contribution in [1.82, 2.24) is 10.2 Å². The Hall–Kier alpha value is -0.610. The molecule has 4 nitrogen and oxygen atoms in total. The van der Waals surface area contributed by atoms with Crippen molar-refractivity contribution in [3.63, 3.8) is 0 Å². The first-order valence-corrected chi connectivity index (χ1v) is 7.94. The van der Waals surface area contributed by atoms with Gasteiger partial charge in [0.2, 0.25) is 0 Å². The molecule has 3 aliphatic rings. The number of hydrogen-bond acceptors (Lipinski definition) is 3. The third-order valence-electron chi connectivity index (χ3n) is 5.23. The Balaban J connectivity index is 1.61. The van der Waals surface area contributed by atoms with Gasteiger partial charge in [0.25, 0.3) is 0 Å². The quantitative estimate of drug-likeness (QED) is 0.770. The molecule has 0 aromatic rings. The molecule has 2 saturated carbocycles. The van der Waals surface area contributed by atoms with E-state index in [0.29, 0.717) is 12.0 Å². The number of carbonyl (C=O) groups is 1. The van der Waals surface area contributed by atoms with E-state index in [1.165, 1.54) is 25.9 Å². The summed E-state index contributed by atoms with van der Waals surface area (Å²) in [5.41, 5.74) is -0.610. The summed E-state index contributed by atoms with van der Waals surface area (Å²) >= 11 is 0. The average molecular weight is 266 g/mol. The predicted octanol–water partition coefficient (Wildman–Crippen LogP) is 1.85. The highest BCUT2D eigenvalue weighted by Gasteiger charge is 2.51. The normalized spacial score (nSPS) is 35.9. The topological polar surface area (TPSA) is 52.6 Å². The molecule has 0 bridgehead atoms. The van der Waals surface area contributed by atoms with Gasteiger partial charge in [-0.2, -0.15) is 0 Å². The van der Waals surface area contributed by atoms with E-state index in [4.69, 9.17) is 0 Å². The zero-order valence-corrected chi connectivity index (χ0v) is 11.7. The number of rotatable bonds is 6. The number of nitrogens with zero attached hydrogens (tertiary/aromatic N) is 1. The Bertz CT molecular complexity index is 337. The Labute approximate surface area is 115 Å². The predicted molar refractivity (Wildman–Crippen MR) is 74.2 cm³/mol. The molecule has 1 aliphatic heterocycles. The fourth-order valence-corrected chi connectivity index (χ4v) is 3.94. The maximum absolute atomic E-state index is 11.8. The summed E-state index contributed by atoms with van der Waals surface area (Å²) in [5.74, 6) is -0.283. The van der Waals surface area contributed by atoms with Gasteiger partial charge in [-0.1, -0.05) is 6.42 Å². The fourth-order valence-electron chi connectivity index (χ4n) is 3.94. The molecule has 2 atom stereocenters.